The van der Waals surface area contributed by atoms with E-state index in [9.17, 15) is 9.36 Å². The highest BCUT2D eigenvalue weighted by Crippen LogP contribution is 2.48. The molecule has 0 heterocycles. The summed E-state index contributed by atoms with van der Waals surface area (Å²) in [5.41, 5.74) is 0. The minimum absolute atomic E-state index is 0.00758. The monoisotopic (exact) mass is 243 g/mol. The van der Waals surface area contributed by atoms with Crippen LogP contribution in [0, 0.1) is 0 Å². The Morgan fingerprint density at radius 3 is 2.27 bits per heavy atom. The lowest BCUT2D eigenvalue weighted by Gasteiger charge is -2.14. The van der Waals surface area contributed by atoms with Crippen molar-refractivity contribution in [3.05, 3.63) is 0 Å². The van der Waals surface area contributed by atoms with E-state index in [1.165, 1.54) is 14.2 Å². The molecule has 0 fully saturated rings. The quantitative estimate of drug-likeness (QED) is 0.208. The summed E-state index contributed by atoms with van der Waals surface area (Å²) in [6, 6.07) is 0. The van der Waals surface area contributed by atoms with Gasteiger partial charge in [0.25, 0.3) is 0 Å². The molecule has 0 aliphatic carbocycles. The summed E-state index contributed by atoms with van der Waals surface area (Å²) in [7, 11) is -1.13. The van der Waals surface area contributed by atoms with Gasteiger partial charge in [0, 0.05) is 6.54 Å². The van der Waals surface area contributed by atoms with Crippen LogP contribution >= 0.6 is 7.60 Å². The van der Waals surface area contributed by atoms with Crippen LogP contribution in [0.4, 0.5) is 0 Å². The molecule has 9 heteroatoms. The van der Waals surface area contributed by atoms with Gasteiger partial charge in [-0.1, -0.05) is 0 Å². The Hall–Kier alpha value is -0.500. The number of carbonyl (C=O) groups is 1. The Kier molecular flexibility index (Phi) is 7.49. The fourth-order valence-corrected chi connectivity index (χ4v) is 1.95. The highest BCUT2D eigenvalue weighted by atomic mass is 31.2. The molecule has 0 aromatic rings. The summed E-state index contributed by atoms with van der Waals surface area (Å²) in [4.78, 5) is 18.5. The molecular formula is C6H14NO7P. The highest BCUT2D eigenvalue weighted by molar-refractivity contribution is 7.53. The molecule has 0 aliphatic rings. The van der Waals surface area contributed by atoms with Crippen molar-refractivity contribution in [3.8, 4) is 0 Å². The molecule has 1 amide bonds. The largest absolute Gasteiger partial charge is 0.384 e. The van der Waals surface area contributed by atoms with Crippen LogP contribution in [-0.4, -0.2) is 43.6 Å². The van der Waals surface area contributed by atoms with E-state index in [2.05, 4.69) is 19.1 Å². The maximum absolute atomic E-state index is 11.6. The van der Waals surface area contributed by atoms with Gasteiger partial charge in [-0.3, -0.25) is 14.6 Å². The predicted molar refractivity (Wildman–Crippen MR) is 47.8 cm³/mol. The lowest BCUT2D eigenvalue weighted by molar-refractivity contribution is -0.242. The van der Waals surface area contributed by atoms with Crippen LogP contribution in [0.25, 0.3) is 0 Å². The zero-order chi connectivity index (χ0) is 11.7. The van der Waals surface area contributed by atoms with Crippen LogP contribution < -0.4 is 0 Å². The minimum atomic E-state index is -3.48. The zero-order valence-corrected chi connectivity index (χ0v) is 9.38. The third-order valence-corrected chi connectivity index (χ3v) is 2.93. The molecule has 0 radical (unpaired) electrons. The third kappa shape index (κ3) is 6.56. The van der Waals surface area contributed by atoms with E-state index < -0.39 is 7.60 Å². The Labute approximate surface area is 87.0 Å². The van der Waals surface area contributed by atoms with Crippen molar-refractivity contribution in [1.29, 1.82) is 0 Å². The molecule has 0 atom stereocenters. The Balaban J connectivity index is 3.95. The first-order chi connectivity index (χ1) is 7.08. The van der Waals surface area contributed by atoms with Gasteiger partial charge in [0.15, 0.2) is 0 Å². The fraction of sp³-hybridized carbons (Fsp3) is 0.833. The number of hydrogen-bond donors (Lipinski definition) is 1. The summed E-state index contributed by atoms with van der Waals surface area (Å²) in [6.45, 7) is 0.00758. The average molecular weight is 243 g/mol. The number of hydroxylamine groups is 2. The van der Waals surface area contributed by atoms with E-state index in [-0.39, 0.29) is 25.5 Å². The molecule has 8 nitrogen and oxygen atoms in total. The predicted octanol–water partition coefficient (Wildman–Crippen LogP) is 0.573. The SMILES string of the molecule is COOP(=O)(CCCN(O)C=O)OOC. The van der Waals surface area contributed by atoms with E-state index in [1.807, 2.05) is 0 Å². The topological polar surface area (TPSA) is 94.5 Å². The first kappa shape index (κ1) is 14.5. The van der Waals surface area contributed by atoms with Gasteiger partial charge < -0.3 is 0 Å². The zero-order valence-electron chi connectivity index (χ0n) is 8.49. The van der Waals surface area contributed by atoms with Gasteiger partial charge in [0.05, 0.1) is 20.4 Å². The van der Waals surface area contributed by atoms with Crippen LogP contribution in [0.2, 0.25) is 0 Å². The summed E-state index contributed by atoms with van der Waals surface area (Å²) in [5.74, 6) is 0. The van der Waals surface area contributed by atoms with Gasteiger partial charge in [-0.2, -0.15) is 0 Å². The van der Waals surface area contributed by atoms with Crippen LogP contribution in [0.3, 0.4) is 0 Å². The van der Waals surface area contributed by atoms with Crippen molar-refractivity contribution in [3.63, 3.8) is 0 Å². The smallest absolute Gasteiger partial charge is 0.286 e. The summed E-state index contributed by atoms with van der Waals surface area (Å²) >= 11 is 0. The number of hydrogen-bond acceptors (Lipinski definition) is 7. The third-order valence-electron chi connectivity index (χ3n) is 1.32. The number of nitrogens with zero attached hydrogens (tertiary/aromatic N) is 1. The molecule has 90 valence electrons. The van der Waals surface area contributed by atoms with Crippen molar-refractivity contribution in [1.82, 2.24) is 5.06 Å². The van der Waals surface area contributed by atoms with Gasteiger partial charge in [-0.05, 0) is 6.42 Å². The van der Waals surface area contributed by atoms with Crippen molar-refractivity contribution >= 4 is 14.0 Å². The van der Waals surface area contributed by atoms with Gasteiger partial charge in [-0.25, -0.2) is 14.8 Å². The van der Waals surface area contributed by atoms with Crippen molar-refractivity contribution in [2.24, 2.45) is 0 Å². The first-order valence-corrected chi connectivity index (χ1v) is 5.75. The second kappa shape index (κ2) is 7.75. The number of amides is 1. The van der Waals surface area contributed by atoms with E-state index >= 15 is 0 Å². The summed E-state index contributed by atoms with van der Waals surface area (Å²) in [6.07, 6.45) is 0.387. The Morgan fingerprint density at radius 2 is 1.87 bits per heavy atom. The Morgan fingerprint density at radius 1 is 1.33 bits per heavy atom. The Bertz CT molecular complexity index is 214. The molecule has 0 bridgehead atoms. The van der Waals surface area contributed by atoms with Crippen LogP contribution in [0.1, 0.15) is 6.42 Å². The second-order valence-corrected chi connectivity index (χ2v) is 4.41. The van der Waals surface area contributed by atoms with Crippen LogP contribution in [0.5, 0.6) is 0 Å². The molecule has 0 saturated heterocycles. The van der Waals surface area contributed by atoms with E-state index in [4.69, 9.17) is 5.21 Å². The maximum Gasteiger partial charge on any atom is 0.384 e. The maximum atomic E-state index is 11.6. The molecule has 15 heavy (non-hydrogen) atoms. The molecule has 0 rings (SSSR count). The van der Waals surface area contributed by atoms with Crippen molar-refractivity contribution < 1.29 is 33.7 Å². The van der Waals surface area contributed by atoms with Gasteiger partial charge in [0.2, 0.25) is 6.41 Å². The molecule has 1 N–H and O–H groups in total. The van der Waals surface area contributed by atoms with E-state index in [0.717, 1.165) is 0 Å². The van der Waals surface area contributed by atoms with Gasteiger partial charge in [-0.15, -0.1) is 9.35 Å². The second-order valence-electron chi connectivity index (χ2n) is 2.44. The summed E-state index contributed by atoms with van der Waals surface area (Å²) in [5, 5.41) is 9.17. The molecule has 0 aliphatic heterocycles. The summed E-state index contributed by atoms with van der Waals surface area (Å²) < 4.78 is 20.4. The highest BCUT2D eigenvalue weighted by Gasteiger charge is 2.26. The molecule has 0 spiro atoms. The van der Waals surface area contributed by atoms with Crippen molar-refractivity contribution in [2.45, 2.75) is 6.42 Å². The van der Waals surface area contributed by atoms with Crippen LogP contribution in [0.15, 0.2) is 0 Å². The standard InChI is InChI=1S/C6H14NO7P/c1-11-13-15(10,14-12-2)5-3-4-7(9)6-8/h6,9H,3-5H2,1-2H3. The van der Waals surface area contributed by atoms with E-state index in [0.29, 0.717) is 5.06 Å². The van der Waals surface area contributed by atoms with Gasteiger partial charge >= 0.3 is 7.60 Å². The fourth-order valence-electron chi connectivity index (χ4n) is 0.793. The first-order valence-electron chi connectivity index (χ1n) is 4.02. The van der Waals surface area contributed by atoms with Gasteiger partial charge in [0.1, 0.15) is 0 Å². The van der Waals surface area contributed by atoms with E-state index in [1.54, 1.807) is 0 Å². The molecule has 0 unspecified atom stereocenters. The molecule has 0 saturated carbocycles. The normalized spacial score (nSPS) is 11.4. The molecule has 0 aromatic heterocycles. The lowest BCUT2D eigenvalue weighted by atomic mass is 10.5. The van der Waals surface area contributed by atoms with Crippen LogP contribution in [-0.2, 0) is 28.5 Å². The minimum Gasteiger partial charge on any atom is -0.286 e. The number of carbonyl (C=O) groups excluding carboxylic acids is 1. The lowest BCUT2D eigenvalue weighted by Crippen LogP contribution is -2.19. The van der Waals surface area contributed by atoms with Crippen molar-refractivity contribution in [2.75, 3.05) is 26.9 Å². The molecule has 0 aromatic carbocycles. The number of rotatable bonds is 9. The molecular weight excluding hydrogens is 229 g/mol. The average Bonchev–Trinajstić information content (AvgIpc) is 2.18.